The first kappa shape index (κ1) is 42.6. The van der Waals surface area contributed by atoms with Gasteiger partial charge in [0, 0.05) is 11.1 Å². The lowest BCUT2D eigenvalue weighted by Gasteiger charge is -2.04. The summed E-state index contributed by atoms with van der Waals surface area (Å²) in [6, 6.07) is 21.5. The molecule has 0 spiro atoms. The number of aromatic carboxylic acids is 1. The van der Waals surface area contributed by atoms with E-state index in [0.29, 0.717) is 23.0 Å². The SMILES string of the molecule is C.CC#CC#CC#CC.O.O.O.O=Cc1ccc(C(=O)O)cc1.O=Cc1ccc(C(=O)OCc2ccccc2)cc1. The summed E-state index contributed by atoms with van der Waals surface area (Å²) in [5, 5.41) is 8.46. The Morgan fingerprint density at radius 3 is 1.46 bits per heavy atom. The van der Waals surface area contributed by atoms with Crippen molar-refractivity contribution in [2.45, 2.75) is 27.9 Å². The monoisotopic (exact) mass is 562 g/mol. The number of rotatable bonds is 6. The van der Waals surface area contributed by atoms with Crippen LogP contribution in [0.1, 0.15) is 68.3 Å². The van der Waals surface area contributed by atoms with Crippen molar-refractivity contribution in [3.8, 4) is 35.5 Å². The zero-order valence-electron chi connectivity index (χ0n) is 21.9. The second-order valence-corrected chi connectivity index (χ2v) is 6.85. The number of carbonyl (C=O) groups excluding carboxylic acids is 3. The molecule has 0 fully saturated rings. The first-order valence-electron chi connectivity index (χ1n) is 10.8. The lowest BCUT2D eigenvalue weighted by atomic mass is 10.1. The minimum atomic E-state index is -0.984. The highest BCUT2D eigenvalue weighted by Crippen LogP contribution is 2.07. The van der Waals surface area contributed by atoms with Gasteiger partial charge in [-0.05, 0) is 67.4 Å². The minimum Gasteiger partial charge on any atom is -0.478 e. The van der Waals surface area contributed by atoms with Crippen LogP contribution in [0.25, 0.3) is 0 Å². The highest BCUT2D eigenvalue weighted by Gasteiger charge is 2.06. The number of carbonyl (C=O) groups is 4. The molecule has 0 aliphatic carbocycles. The molecular weight excluding hydrogens is 528 g/mol. The molecule has 7 N–H and O–H groups in total. The van der Waals surface area contributed by atoms with Crippen LogP contribution in [0.2, 0.25) is 0 Å². The number of ether oxygens (including phenoxy) is 1. The number of esters is 1. The van der Waals surface area contributed by atoms with Crippen LogP contribution in [0.3, 0.4) is 0 Å². The fourth-order valence-electron chi connectivity index (χ4n) is 2.40. The zero-order chi connectivity index (χ0) is 27.3. The van der Waals surface area contributed by atoms with E-state index in [1.807, 2.05) is 30.3 Å². The molecule has 0 unspecified atom stereocenters. The van der Waals surface area contributed by atoms with Gasteiger partial charge in [0.1, 0.15) is 19.2 Å². The summed E-state index contributed by atoms with van der Waals surface area (Å²) in [4.78, 5) is 42.6. The van der Waals surface area contributed by atoms with Gasteiger partial charge in [-0.1, -0.05) is 73.9 Å². The van der Waals surface area contributed by atoms with Gasteiger partial charge in [-0.15, -0.1) is 0 Å². The average Bonchev–Trinajstić information content (AvgIpc) is 2.95. The number of hydrogen-bond acceptors (Lipinski definition) is 5. The quantitative estimate of drug-likeness (QED) is 0.272. The Kier molecular flexibility index (Phi) is 27.1. The number of hydrogen-bond donors (Lipinski definition) is 1. The van der Waals surface area contributed by atoms with Crippen LogP contribution in [0.15, 0.2) is 78.9 Å². The van der Waals surface area contributed by atoms with Crippen molar-refractivity contribution in [2.75, 3.05) is 0 Å². The summed E-state index contributed by atoms with van der Waals surface area (Å²) in [7, 11) is 0. The van der Waals surface area contributed by atoms with E-state index in [0.717, 1.165) is 11.8 Å². The molecule has 0 atom stereocenters. The van der Waals surface area contributed by atoms with Gasteiger partial charge in [0.25, 0.3) is 0 Å². The first-order valence-corrected chi connectivity index (χ1v) is 10.8. The van der Waals surface area contributed by atoms with Crippen LogP contribution >= 0.6 is 0 Å². The largest absolute Gasteiger partial charge is 0.478 e. The van der Waals surface area contributed by atoms with Gasteiger partial charge in [0.05, 0.1) is 11.1 Å². The van der Waals surface area contributed by atoms with Gasteiger partial charge >= 0.3 is 11.9 Å². The summed E-state index contributed by atoms with van der Waals surface area (Å²) < 4.78 is 5.16. The maximum Gasteiger partial charge on any atom is 0.338 e. The van der Waals surface area contributed by atoms with Gasteiger partial charge < -0.3 is 26.3 Å². The van der Waals surface area contributed by atoms with Crippen molar-refractivity contribution in [1.82, 2.24) is 0 Å². The molecule has 0 amide bonds. The second-order valence-electron chi connectivity index (χ2n) is 6.85. The zero-order valence-corrected chi connectivity index (χ0v) is 21.9. The Bertz CT molecular complexity index is 1340. The van der Waals surface area contributed by atoms with Crippen molar-refractivity contribution in [3.05, 3.63) is 107 Å². The number of carboxylic acids is 1. The molecule has 0 heterocycles. The number of carboxylic acid groups (broad SMARTS) is 1. The van der Waals surface area contributed by atoms with Crippen LogP contribution in [0.4, 0.5) is 0 Å². The number of benzene rings is 3. The van der Waals surface area contributed by atoms with Crippen molar-refractivity contribution in [3.63, 3.8) is 0 Å². The maximum absolute atomic E-state index is 11.7. The summed E-state index contributed by atoms with van der Waals surface area (Å²) >= 11 is 0. The molecule has 3 aromatic carbocycles. The van der Waals surface area contributed by atoms with E-state index in [-0.39, 0.29) is 36.0 Å². The minimum absolute atomic E-state index is 0. The summed E-state index contributed by atoms with van der Waals surface area (Å²) in [6.45, 7) is 3.73. The van der Waals surface area contributed by atoms with E-state index in [9.17, 15) is 19.2 Å². The molecule has 0 aliphatic rings. The molecule has 9 heteroatoms. The summed E-state index contributed by atoms with van der Waals surface area (Å²) in [5.74, 6) is 14.1. The molecular formula is C32H34O9. The fourth-order valence-corrected chi connectivity index (χ4v) is 2.40. The predicted molar refractivity (Wildman–Crippen MR) is 158 cm³/mol. The molecule has 41 heavy (non-hydrogen) atoms. The van der Waals surface area contributed by atoms with E-state index in [2.05, 4.69) is 35.5 Å². The van der Waals surface area contributed by atoms with Gasteiger partial charge in [-0.3, -0.25) is 9.59 Å². The van der Waals surface area contributed by atoms with Gasteiger partial charge in [0.15, 0.2) is 0 Å². The van der Waals surface area contributed by atoms with Gasteiger partial charge in [-0.2, -0.15) is 0 Å². The Morgan fingerprint density at radius 2 is 1.10 bits per heavy atom. The third-order valence-electron chi connectivity index (χ3n) is 4.23. The Balaban J connectivity index is -0.000000260. The normalized spacial score (nSPS) is 7.46. The smallest absolute Gasteiger partial charge is 0.338 e. The average molecular weight is 563 g/mol. The maximum atomic E-state index is 11.7. The van der Waals surface area contributed by atoms with Crippen molar-refractivity contribution >= 4 is 24.5 Å². The summed E-state index contributed by atoms with van der Waals surface area (Å²) in [5.41, 5.74) is 2.59. The van der Waals surface area contributed by atoms with Gasteiger partial charge in [-0.25, -0.2) is 9.59 Å². The highest BCUT2D eigenvalue weighted by atomic mass is 16.5. The molecule has 0 saturated carbocycles. The van der Waals surface area contributed by atoms with Crippen LogP contribution in [0, 0.1) is 35.5 Å². The van der Waals surface area contributed by atoms with Crippen LogP contribution < -0.4 is 0 Å². The van der Waals surface area contributed by atoms with Crippen LogP contribution in [-0.4, -0.2) is 46.0 Å². The molecule has 0 radical (unpaired) electrons. The third kappa shape index (κ3) is 18.4. The van der Waals surface area contributed by atoms with Crippen LogP contribution in [-0.2, 0) is 11.3 Å². The summed E-state index contributed by atoms with van der Waals surface area (Å²) in [6.07, 6.45) is 1.41. The molecule has 0 aliphatic heterocycles. The van der Waals surface area contributed by atoms with E-state index in [1.165, 1.54) is 24.3 Å². The molecule has 216 valence electrons. The molecule has 3 rings (SSSR count). The standard InChI is InChI=1S/C15H12O3.C8H6O3.C8H6.CH4.3H2O/c16-10-12-6-8-14(9-7-12)15(17)18-11-13-4-2-1-3-5-13;9-5-6-1-3-7(4-2-6)8(10)11;1-3-5-7-8-6-4-2;;;;/h1-10H,11H2;1-5H,(H,10,11);1-2H3;1H4;3*1H2. The van der Waals surface area contributed by atoms with E-state index < -0.39 is 11.9 Å². The molecule has 9 nitrogen and oxygen atoms in total. The fraction of sp³-hybridized carbons (Fsp3) is 0.125. The molecule has 3 aromatic rings. The topological polar surface area (TPSA) is 192 Å². The van der Waals surface area contributed by atoms with E-state index >= 15 is 0 Å². The number of aldehydes is 2. The first-order chi connectivity index (χ1) is 17.9. The third-order valence-corrected chi connectivity index (χ3v) is 4.23. The molecule has 0 saturated heterocycles. The Labute approximate surface area is 240 Å². The van der Waals surface area contributed by atoms with Crippen LogP contribution in [0.5, 0.6) is 0 Å². The Hall–Kier alpha value is -5.50. The van der Waals surface area contributed by atoms with Crippen molar-refractivity contribution in [1.29, 1.82) is 0 Å². The lowest BCUT2D eigenvalue weighted by Crippen LogP contribution is -2.05. The van der Waals surface area contributed by atoms with Crippen molar-refractivity contribution < 1.29 is 45.5 Å². The molecule has 0 bridgehead atoms. The van der Waals surface area contributed by atoms with Gasteiger partial charge in [0.2, 0.25) is 0 Å². The predicted octanol–water partition coefficient (Wildman–Crippen LogP) is 3.25. The Morgan fingerprint density at radius 1 is 0.683 bits per heavy atom. The van der Waals surface area contributed by atoms with E-state index in [4.69, 9.17) is 9.84 Å². The second kappa shape index (κ2) is 26.1. The lowest BCUT2D eigenvalue weighted by molar-refractivity contribution is 0.0472. The van der Waals surface area contributed by atoms with Crippen molar-refractivity contribution in [2.24, 2.45) is 0 Å². The molecule has 0 aromatic heterocycles. The van der Waals surface area contributed by atoms with E-state index in [1.54, 1.807) is 38.1 Å². The highest BCUT2D eigenvalue weighted by molar-refractivity contribution is 5.90.